The Labute approximate surface area is 111 Å². The normalized spacial score (nSPS) is 10.8. The number of pyridine rings is 1. The van der Waals surface area contributed by atoms with Gasteiger partial charge in [-0.15, -0.1) is 0 Å². The summed E-state index contributed by atoms with van der Waals surface area (Å²) >= 11 is 0. The van der Waals surface area contributed by atoms with E-state index >= 15 is 0 Å². The predicted octanol–water partition coefficient (Wildman–Crippen LogP) is 2.18. The number of aromatic nitrogens is 3. The average Bonchev–Trinajstić information content (AvgIpc) is 2.86. The van der Waals surface area contributed by atoms with Gasteiger partial charge in [-0.2, -0.15) is 5.10 Å². The van der Waals surface area contributed by atoms with Crippen molar-refractivity contribution in [1.29, 1.82) is 0 Å². The number of aromatic amines is 1. The topological polar surface area (TPSA) is 70.8 Å². The number of nitrogens with zero attached hydrogens (tertiary/aromatic N) is 3. The molecule has 0 aliphatic rings. The van der Waals surface area contributed by atoms with Crippen LogP contribution in [0.2, 0.25) is 0 Å². The summed E-state index contributed by atoms with van der Waals surface area (Å²) in [5.74, 6) is 0. The Bertz CT molecular complexity index is 689. The highest BCUT2D eigenvalue weighted by Gasteiger charge is 2.08. The van der Waals surface area contributed by atoms with E-state index in [2.05, 4.69) is 26.1 Å². The quantitative estimate of drug-likeness (QED) is 0.702. The number of anilines is 2. The van der Waals surface area contributed by atoms with Crippen LogP contribution in [0.1, 0.15) is 5.56 Å². The molecule has 0 spiro atoms. The first-order valence-corrected chi connectivity index (χ1v) is 6.06. The van der Waals surface area contributed by atoms with Crippen LogP contribution in [0.4, 0.5) is 11.4 Å². The lowest BCUT2D eigenvalue weighted by Gasteiger charge is -2.21. The van der Waals surface area contributed by atoms with Gasteiger partial charge in [0.05, 0.1) is 23.1 Å². The molecule has 1 aromatic carbocycles. The second kappa shape index (κ2) is 4.61. The third-order valence-electron chi connectivity index (χ3n) is 3.14. The first-order valence-electron chi connectivity index (χ1n) is 6.06. The zero-order chi connectivity index (χ0) is 13.2. The number of rotatable bonds is 3. The SMILES string of the molecule is CN(Cc1cccnc1)c1cc2[nH]ncc2cc1N. The molecule has 3 aromatic rings. The molecule has 2 heterocycles. The maximum Gasteiger partial charge on any atom is 0.0672 e. The number of nitrogen functional groups attached to an aromatic ring is 1. The van der Waals surface area contributed by atoms with Crippen molar-refractivity contribution in [1.82, 2.24) is 15.2 Å². The van der Waals surface area contributed by atoms with Gasteiger partial charge in [-0.3, -0.25) is 10.1 Å². The van der Waals surface area contributed by atoms with Crippen LogP contribution in [0.15, 0.2) is 42.9 Å². The van der Waals surface area contributed by atoms with Crippen molar-refractivity contribution in [2.24, 2.45) is 0 Å². The van der Waals surface area contributed by atoms with Crippen molar-refractivity contribution in [2.45, 2.75) is 6.54 Å². The number of nitrogens with one attached hydrogen (secondary N) is 1. The van der Waals surface area contributed by atoms with E-state index in [9.17, 15) is 0 Å². The van der Waals surface area contributed by atoms with Crippen LogP contribution >= 0.6 is 0 Å². The standard InChI is InChI=1S/C14H15N5/c1-19(9-10-3-2-4-16-7-10)14-6-13-11(5-12(14)15)8-17-18-13/h2-8H,9,15H2,1H3,(H,17,18). The molecule has 5 heteroatoms. The Morgan fingerprint density at radius 3 is 3.00 bits per heavy atom. The fourth-order valence-electron chi connectivity index (χ4n) is 2.18. The summed E-state index contributed by atoms with van der Waals surface area (Å²) in [5.41, 5.74) is 9.97. The molecule has 0 amide bonds. The van der Waals surface area contributed by atoms with Gasteiger partial charge >= 0.3 is 0 Å². The number of hydrogen-bond acceptors (Lipinski definition) is 4. The van der Waals surface area contributed by atoms with Crippen LogP contribution in [0.5, 0.6) is 0 Å². The summed E-state index contributed by atoms with van der Waals surface area (Å²) in [4.78, 5) is 6.23. The van der Waals surface area contributed by atoms with Crippen LogP contribution in [-0.2, 0) is 6.54 Å². The van der Waals surface area contributed by atoms with Crippen molar-refractivity contribution in [3.63, 3.8) is 0 Å². The summed E-state index contributed by atoms with van der Waals surface area (Å²) in [6, 6.07) is 7.95. The number of benzene rings is 1. The Balaban J connectivity index is 1.92. The molecule has 0 radical (unpaired) electrons. The molecular formula is C14H15N5. The second-order valence-corrected chi connectivity index (χ2v) is 4.59. The van der Waals surface area contributed by atoms with Crippen LogP contribution in [0.25, 0.3) is 10.9 Å². The summed E-state index contributed by atoms with van der Waals surface area (Å²) < 4.78 is 0. The molecular weight excluding hydrogens is 238 g/mol. The predicted molar refractivity (Wildman–Crippen MR) is 76.9 cm³/mol. The van der Waals surface area contributed by atoms with Crippen LogP contribution in [0.3, 0.4) is 0 Å². The highest BCUT2D eigenvalue weighted by molar-refractivity contribution is 5.88. The van der Waals surface area contributed by atoms with Gasteiger partial charge in [-0.25, -0.2) is 0 Å². The molecule has 3 rings (SSSR count). The van der Waals surface area contributed by atoms with E-state index in [1.165, 1.54) is 0 Å². The van der Waals surface area contributed by atoms with Crippen molar-refractivity contribution >= 4 is 22.3 Å². The van der Waals surface area contributed by atoms with Gasteiger partial charge in [0.2, 0.25) is 0 Å². The van der Waals surface area contributed by atoms with Gasteiger partial charge < -0.3 is 10.6 Å². The van der Waals surface area contributed by atoms with Gasteiger partial charge in [-0.05, 0) is 23.8 Å². The number of H-pyrrole nitrogens is 1. The number of hydrogen-bond donors (Lipinski definition) is 2. The van der Waals surface area contributed by atoms with Crippen LogP contribution in [0, 0.1) is 0 Å². The van der Waals surface area contributed by atoms with Gasteiger partial charge in [0.25, 0.3) is 0 Å². The minimum absolute atomic E-state index is 0.750. The first kappa shape index (κ1) is 11.5. The molecule has 19 heavy (non-hydrogen) atoms. The molecule has 0 aliphatic heterocycles. The van der Waals surface area contributed by atoms with E-state index in [1.807, 2.05) is 31.4 Å². The van der Waals surface area contributed by atoms with Crippen LogP contribution < -0.4 is 10.6 Å². The van der Waals surface area contributed by atoms with Crippen molar-refractivity contribution in [3.05, 3.63) is 48.4 Å². The Morgan fingerprint density at radius 2 is 2.21 bits per heavy atom. The van der Waals surface area contributed by atoms with E-state index in [0.29, 0.717) is 0 Å². The van der Waals surface area contributed by atoms with E-state index in [-0.39, 0.29) is 0 Å². The molecule has 0 atom stereocenters. The minimum Gasteiger partial charge on any atom is -0.397 e. The van der Waals surface area contributed by atoms with Gasteiger partial charge in [0.1, 0.15) is 0 Å². The lowest BCUT2D eigenvalue weighted by molar-refractivity contribution is 0.917. The Hall–Kier alpha value is -2.56. The summed E-state index contributed by atoms with van der Waals surface area (Å²) in [5, 5.41) is 8.00. The van der Waals surface area contributed by atoms with Crippen molar-refractivity contribution in [2.75, 3.05) is 17.7 Å². The molecule has 0 fully saturated rings. The molecule has 0 saturated heterocycles. The summed E-state index contributed by atoms with van der Waals surface area (Å²) in [7, 11) is 2.01. The lowest BCUT2D eigenvalue weighted by atomic mass is 10.2. The Morgan fingerprint density at radius 1 is 1.32 bits per heavy atom. The van der Waals surface area contributed by atoms with Crippen LogP contribution in [-0.4, -0.2) is 22.2 Å². The fourth-order valence-corrected chi connectivity index (χ4v) is 2.18. The maximum atomic E-state index is 6.10. The van der Waals surface area contributed by atoms with E-state index < -0.39 is 0 Å². The highest BCUT2D eigenvalue weighted by Crippen LogP contribution is 2.28. The monoisotopic (exact) mass is 253 g/mol. The zero-order valence-electron chi connectivity index (χ0n) is 10.7. The van der Waals surface area contributed by atoms with E-state index in [1.54, 1.807) is 12.4 Å². The average molecular weight is 253 g/mol. The summed E-state index contributed by atoms with van der Waals surface area (Å²) in [6.45, 7) is 0.762. The summed E-state index contributed by atoms with van der Waals surface area (Å²) in [6.07, 6.45) is 5.41. The molecule has 2 aromatic heterocycles. The van der Waals surface area contributed by atoms with E-state index in [4.69, 9.17) is 5.73 Å². The molecule has 0 bridgehead atoms. The molecule has 0 unspecified atom stereocenters. The zero-order valence-corrected chi connectivity index (χ0v) is 10.7. The lowest BCUT2D eigenvalue weighted by Crippen LogP contribution is -2.17. The smallest absolute Gasteiger partial charge is 0.0672 e. The first-order chi connectivity index (χ1) is 9.24. The van der Waals surface area contributed by atoms with Gasteiger partial charge in [0, 0.05) is 31.4 Å². The Kier molecular flexibility index (Phi) is 2.79. The number of nitrogens with two attached hydrogens (primary N) is 1. The second-order valence-electron chi connectivity index (χ2n) is 4.59. The molecule has 5 nitrogen and oxygen atoms in total. The maximum absolute atomic E-state index is 6.10. The van der Waals surface area contributed by atoms with Gasteiger partial charge in [-0.1, -0.05) is 6.07 Å². The third-order valence-corrected chi connectivity index (χ3v) is 3.14. The third kappa shape index (κ3) is 2.22. The fraction of sp³-hybridized carbons (Fsp3) is 0.143. The molecule has 0 saturated carbocycles. The van der Waals surface area contributed by atoms with E-state index in [0.717, 1.165) is 34.4 Å². The van der Waals surface area contributed by atoms with Crippen molar-refractivity contribution in [3.8, 4) is 0 Å². The van der Waals surface area contributed by atoms with Gasteiger partial charge in [0.15, 0.2) is 0 Å². The molecule has 96 valence electrons. The van der Waals surface area contributed by atoms with Crippen molar-refractivity contribution < 1.29 is 0 Å². The number of fused-ring (bicyclic) bond motifs is 1. The minimum atomic E-state index is 0.750. The molecule has 0 aliphatic carbocycles. The largest absolute Gasteiger partial charge is 0.397 e. The highest BCUT2D eigenvalue weighted by atomic mass is 15.1. The molecule has 3 N–H and O–H groups in total.